The van der Waals surface area contributed by atoms with E-state index in [1.165, 1.54) is 63.6 Å². The number of aromatic nitrogens is 2. The lowest BCUT2D eigenvalue weighted by Crippen LogP contribution is -2.40. The van der Waals surface area contributed by atoms with Gasteiger partial charge in [0, 0.05) is 24.4 Å². The van der Waals surface area contributed by atoms with Crippen molar-refractivity contribution < 1.29 is 4.52 Å². The Kier molecular flexibility index (Phi) is 7.93. The zero-order chi connectivity index (χ0) is 24.3. The highest BCUT2D eigenvalue weighted by atomic mass is 16.5. The van der Waals surface area contributed by atoms with E-state index in [1.807, 2.05) is 0 Å². The van der Waals surface area contributed by atoms with Crippen LogP contribution in [0.15, 0.2) is 34.9 Å². The summed E-state index contributed by atoms with van der Waals surface area (Å²) in [6.07, 6.45) is 11.5. The first-order valence-electron chi connectivity index (χ1n) is 14.3. The Balaban J connectivity index is 1.00. The van der Waals surface area contributed by atoms with Gasteiger partial charge in [-0.2, -0.15) is 4.98 Å². The normalized spacial score (nSPS) is 22.5. The molecule has 3 heterocycles. The third-order valence-corrected chi connectivity index (χ3v) is 8.94. The Morgan fingerprint density at radius 3 is 2.34 bits per heavy atom. The van der Waals surface area contributed by atoms with Crippen LogP contribution in [0.4, 0.5) is 0 Å². The quantitative estimate of drug-likeness (QED) is 0.384. The van der Waals surface area contributed by atoms with Crippen LogP contribution in [0.1, 0.15) is 108 Å². The minimum Gasteiger partial charge on any atom is -0.339 e. The van der Waals surface area contributed by atoms with Crippen molar-refractivity contribution in [3.8, 4) is 0 Å². The van der Waals surface area contributed by atoms with Crippen LogP contribution < -0.4 is 0 Å². The van der Waals surface area contributed by atoms with Gasteiger partial charge in [-0.25, -0.2) is 0 Å². The number of benzene rings is 1. The maximum atomic E-state index is 5.62. The van der Waals surface area contributed by atoms with Crippen molar-refractivity contribution in [2.45, 2.75) is 103 Å². The highest BCUT2D eigenvalue weighted by molar-refractivity contribution is 5.14. The van der Waals surface area contributed by atoms with Crippen molar-refractivity contribution in [1.29, 1.82) is 0 Å². The number of likely N-dealkylation sites (tertiary alicyclic amines) is 2. The molecule has 3 fully saturated rings. The van der Waals surface area contributed by atoms with E-state index in [1.54, 1.807) is 0 Å². The largest absolute Gasteiger partial charge is 0.339 e. The molecule has 1 aromatic carbocycles. The van der Waals surface area contributed by atoms with E-state index in [4.69, 9.17) is 9.51 Å². The molecule has 1 unspecified atom stereocenters. The average Bonchev–Trinajstić information content (AvgIpc) is 3.61. The number of hydrogen-bond donors (Lipinski definition) is 0. The molecule has 2 aromatic rings. The van der Waals surface area contributed by atoms with Crippen LogP contribution in [-0.4, -0.2) is 52.2 Å². The fourth-order valence-electron chi connectivity index (χ4n) is 6.36. The summed E-state index contributed by atoms with van der Waals surface area (Å²) in [6.45, 7) is 13.4. The van der Waals surface area contributed by atoms with Crippen molar-refractivity contribution >= 4 is 0 Å². The van der Waals surface area contributed by atoms with Gasteiger partial charge in [0.2, 0.25) is 5.89 Å². The summed E-state index contributed by atoms with van der Waals surface area (Å²) in [5.74, 6) is 3.79. The topological polar surface area (TPSA) is 45.4 Å². The van der Waals surface area contributed by atoms with Gasteiger partial charge in [0.05, 0.1) is 0 Å². The third-order valence-electron chi connectivity index (χ3n) is 8.94. The molecule has 1 atom stereocenters. The van der Waals surface area contributed by atoms with E-state index in [0.717, 1.165) is 50.1 Å². The van der Waals surface area contributed by atoms with Gasteiger partial charge in [0.25, 0.3) is 0 Å². The second-order valence-electron chi connectivity index (χ2n) is 12.5. The SMILES string of the molecule is CC(CCC(C)(C)CC1CCN(Cc2ccccc2)CC1)N1CCC(c2nc(C3CC3)no2)CC1. The molecule has 0 amide bonds. The van der Waals surface area contributed by atoms with Crippen LogP contribution in [0, 0.1) is 11.3 Å². The molecule has 5 nitrogen and oxygen atoms in total. The fourth-order valence-corrected chi connectivity index (χ4v) is 6.36. The average molecular weight is 479 g/mol. The van der Waals surface area contributed by atoms with Gasteiger partial charge in [-0.3, -0.25) is 4.90 Å². The van der Waals surface area contributed by atoms with Crippen LogP contribution in [0.5, 0.6) is 0 Å². The summed E-state index contributed by atoms with van der Waals surface area (Å²) in [4.78, 5) is 10.1. The van der Waals surface area contributed by atoms with Crippen LogP contribution in [0.25, 0.3) is 0 Å². The molecule has 3 aliphatic rings. The van der Waals surface area contributed by atoms with Crippen LogP contribution in [0.2, 0.25) is 0 Å². The van der Waals surface area contributed by atoms with Gasteiger partial charge in [-0.05, 0) is 108 Å². The summed E-state index contributed by atoms with van der Waals surface area (Å²) >= 11 is 0. The van der Waals surface area contributed by atoms with Gasteiger partial charge < -0.3 is 9.42 Å². The van der Waals surface area contributed by atoms with Crippen LogP contribution in [0.3, 0.4) is 0 Å². The first-order valence-corrected chi connectivity index (χ1v) is 14.3. The van der Waals surface area contributed by atoms with E-state index in [-0.39, 0.29) is 0 Å². The van der Waals surface area contributed by atoms with Gasteiger partial charge in [0.1, 0.15) is 0 Å². The molecule has 2 aliphatic heterocycles. The van der Waals surface area contributed by atoms with Crippen molar-refractivity contribution in [1.82, 2.24) is 19.9 Å². The Labute approximate surface area is 212 Å². The lowest BCUT2D eigenvalue weighted by atomic mass is 9.75. The molecule has 1 saturated carbocycles. The summed E-state index contributed by atoms with van der Waals surface area (Å²) < 4.78 is 5.62. The Hall–Kier alpha value is -1.72. The van der Waals surface area contributed by atoms with Crippen molar-refractivity contribution in [2.24, 2.45) is 11.3 Å². The van der Waals surface area contributed by atoms with E-state index >= 15 is 0 Å². The Morgan fingerprint density at radius 1 is 0.943 bits per heavy atom. The van der Waals surface area contributed by atoms with Gasteiger partial charge in [0.15, 0.2) is 5.82 Å². The molecule has 2 saturated heterocycles. The van der Waals surface area contributed by atoms with Gasteiger partial charge in [-0.15, -0.1) is 0 Å². The van der Waals surface area contributed by atoms with Crippen LogP contribution >= 0.6 is 0 Å². The van der Waals surface area contributed by atoms with E-state index in [2.05, 4.69) is 66.1 Å². The molecule has 0 spiro atoms. The molecule has 0 N–H and O–H groups in total. The highest BCUT2D eigenvalue weighted by Gasteiger charge is 2.33. The summed E-state index contributed by atoms with van der Waals surface area (Å²) in [5.41, 5.74) is 1.88. The van der Waals surface area contributed by atoms with Crippen molar-refractivity contribution in [2.75, 3.05) is 26.2 Å². The third kappa shape index (κ3) is 6.95. The number of piperidine rings is 2. The van der Waals surface area contributed by atoms with E-state index in [9.17, 15) is 0 Å². The molecule has 192 valence electrons. The predicted octanol–water partition coefficient (Wildman–Crippen LogP) is 6.62. The second kappa shape index (κ2) is 11.1. The second-order valence-corrected chi connectivity index (χ2v) is 12.5. The zero-order valence-electron chi connectivity index (χ0n) is 22.3. The molecular formula is C30H46N4O. The first-order chi connectivity index (χ1) is 16.9. The number of rotatable bonds is 10. The molecule has 0 bridgehead atoms. The summed E-state index contributed by atoms with van der Waals surface area (Å²) in [7, 11) is 0. The summed E-state index contributed by atoms with van der Waals surface area (Å²) in [5, 5.41) is 4.23. The molecule has 5 rings (SSSR count). The minimum atomic E-state index is 0.432. The van der Waals surface area contributed by atoms with E-state index in [0.29, 0.717) is 23.3 Å². The fraction of sp³-hybridized carbons (Fsp3) is 0.733. The lowest BCUT2D eigenvalue weighted by Gasteiger charge is -2.38. The molecule has 35 heavy (non-hydrogen) atoms. The van der Waals surface area contributed by atoms with E-state index < -0.39 is 0 Å². The molecular weight excluding hydrogens is 432 g/mol. The maximum Gasteiger partial charge on any atom is 0.229 e. The molecule has 1 aromatic heterocycles. The Morgan fingerprint density at radius 2 is 1.66 bits per heavy atom. The number of nitrogens with zero attached hydrogens (tertiary/aromatic N) is 4. The summed E-state index contributed by atoms with van der Waals surface area (Å²) in [6, 6.07) is 11.6. The Bertz CT molecular complexity index is 905. The highest BCUT2D eigenvalue weighted by Crippen LogP contribution is 2.40. The molecule has 5 heteroatoms. The van der Waals surface area contributed by atoms with Crippen molar-refractivity contribution in [3.05, 3.63) is 47.6 Å². The first kappa shape index (κ1) is 25.0. The zero-order valence-corrected chi connectivity index (χ0v) is 22.3. The minimum absolute atomic E-state index is 0.432. The maximum absolute atomic E-state index is 5.62. The standard InChI is InChI=1S/C30H46N4O/c1-23(34-19-14-27(15-20-34)29-31-28(32-35-29)26-9-10-26)11-16-30(2,3)21-24-12-17-33(18-13-24)22-25-7-5-4-6-8-25/h4-8,23-24,26-27H,9-22H2,1-3H3. The monoisotopic (exact) mass is 478 g/mol. The number of hydrogen-bond acceptors (Lipinski definition) is 5. The lowest BCUT2D eigenvalue weighted by molar-refractivity contribution is 0.114. The van der Waals surface area contributed by atoms with Gasteiger partial charge in [-0.1, -0.05) is 49.3 Å². The molecule has 1 aliphatic carbocycles. The smallest absolute Gasteiger partial charge is 0.229 e. The van der Waals surface area contributed by atoms with Crippen LogP contribution in [-0.2, 0) is 6.54 Å². The predicted molar refractivity (Wildman–Crippen MR) is 141 cm³/mol. The van der Waals surface area contributed by atoms with Gasteiger partial charge >= 0.3 is 0 Å². The molecule has 0 radical (unpaired) electrons. The van der Waals surface area contributed by atoms with Crippen molar-refractivity contribution in [3.63, 3.8) is 0 Å².